The van der Waals surface area contributed by atoms with Crippen molar-refractivity contribution in [1.82, 2.24) is 15.5 Å². The average Bonchev–Trinajstić information content (AvgIpc) is 3.20. The van der Waals surface area contributed by atoms with Crippen LogP contribution in [0.25, 0.3) is 0 Å². The predicted octanol–water partition coefficient (Wildman–Crippen LogP) is 5.79. The normalized spacial score (nSPS) is 12.1. The fourth-order valence-electron chi connectivity index (χ4n) is 2.77. The number of hydrogen-bond donors (Lipinski definition) is 1. The van der Waals surface area contributed by atoms with E-state index in [0.717, 1.165) is 20.9 Å². The number of benzene rings is 2. The minimum atomic E-state index is -0.199. The Balaban J connectivity index is 1.42. The van der Waals surface area contributed by atoms with Crippen LogP contribution in [0.4, 0.5) is 0 Å². The molecule has 1 N–H and O–H groups in total. The van der Waals surface area contributed by atoms with Gasteiger partial charge in [-0.1, -0.05) is 103 Å². The van der Waals surface area contributed by atoms with E-state index in [1.54, 1.807) is 23.1 Å². The molecular weight excluding hydrogens is 430 g/mol. The second-order valence-electron chi connectivity index (χ2n) is 7.31. The smallest absolute Gasteiger partial charge is 0.233 e. The molecule has 0 fully saturated rings. The molecule has 30 heavy (non-hydrogen) atoms. The summed E-state index contributed by atoms with van der Waals surface area (Å²) in [7, 11) is 0. The summed E-state index contributed by atoms with van der Waals surface area (Å²) in [5.74, 6) is 1.45. The maximum Gasteiger partial charge on any atom is 0.233 e. The van der Waals surface area contributed by atoms with E-state index in [-0.39, 0.29) is 11.2 Å². The van der Waals surface area contributed by atoms with Gasteiger partial charge in [0, 0.05) is 12.3 Å². The van der Waals surface area contributed by atoms with Crippen molar-refractivity contribution >= 4 is 40.8 Å². The molecule has 0 aliphatic rings. The summed E-state index contributed by atoms with van der Waals surface area (Å²) in [6.07, 6.45) is 0.835. The van der Waals surface area contributed by atoms with Crippen LogP contribution in [0.2, 0.25) is 0 Å². The summed E-state index contributed by atoms with van der Waals surface area (Å²) in [6, 6.07) is 18.9. The molecule has 0 aliphatic carbocycles. The molecule has 4 nitrogen and oxygen atoms in total. The van der Waals surface area contributed by atoms with E-state index in [1.807, 2.05) is 25.1 Å². The third-order valence-corrected chi connectivity index (χ3v) is 7.91. The number of carbonyl (C=O) groups excluding carboxylic acids is 1. The molecule has 1 aromatic heterocycles. The monoisotopic (exact) mass is 457 g/mol. The van der Waals surface area contributed by atoms with Crippen molar-refractivity contribution < 1.29 is 4.79 Å². The van der Waals surface area contributed by atoms with Crippen molar-refractivity contribution in [3.8, 4) is 0 Å². The number of nitrogens with one attached hydrogen (secondary N) is 1. The van der Waals surface area contributed by atoms with Crippen LogP contribution in [0.15, 0.2) is 63.3 Å². The van der Waals surface area contributed by atoms with E-state index in [9.17, 15) is 4.79 Å². The van der Waals surface area contributed by atoms with Gasteiger partial charge in [0.2, 0.25) is 5.91 Å². The van der Waals surface area contributed by atoms with E-state index in [1.165, 1.54) is 28.5 Å². The van der Waals surface area contributed by atoms with Crippen LogP contribution in [0, 0.1) is 0 Å². The molecule has 0 aliphatic heterocycles. The lowest BCUT2D eigenvalue weighted by Gasteiger charge is -2.10. The van der Waals surface area contributed by atoms with Gasteiger partial charge >= 0.3 is 0 Å². The van der Waals surface area contributed by atoms with Crippen molar-refractivity contribution in [2.24, 2.45) is 0 Å². The second-order valence-corrected chi connectivity index (χ2v) is 11.1. The summed E-state index contributed by atoms with van der Waals surface area (Å²) in [5.41, 5.74) is 3.86. The van der Waals surface area contributed by atoms with Crippen molar-refractivity contribution in [2.75, 3.05) is 6.54 Å². The molecule has 0 saturated heterocycles. The largest absolute Gasteiger partial charge is 0.355 e. The van der Waals surface area contributed by atoms with Gasteiger partial charge in [-0.05, 0) is 36.0 Å². The van der Waals surface area contributed by atoms with Gasteiger partial charge in [-0.2, -0.15) is 0 Å². The number of rotatable bonds is 10. The zero-order valence-corrected chi connectivity index (χ0v) is 19.9. The minimum Gasteiger partial charge on any atom is -0.355 e. The van der Waals surface area contributed by atoms with Crippen molar-refractivity contribution in [3.05, 3.63) is 71.3 Å². The highest BCUT2D eigenvalue weighted by Crippen LogP contribution is 2.32. The molecular formula is C23H27N3OS3. The molecule has 0 spiro atoms. The number of amides is 1. The molecule has 3 rings (SSSR count). The molecule has 0 saturated carbocycles. The molecule has 2 aromatic carbocycles. The van der Waals surface area contributed by atoms with Gasteiger partial charge < -0.3 is 5.32 Å². The van der Waals surface area contributed by atoms with Crippen LogP contribution in [0.3, 0.4) is 0 Å². The molecule has 1 atom stereocenters. The molecule has 0 bridgehead atoms. The average molecular weight is 458 g/mol. The first-order chi connectivity index (χ1) is 14.5. The van der Waals surface area contributed by atoms with Gasteiger partial charge in [0.1, 0.15) is 0 Å². The highest BCUT2D eigenvalue weighted by atomic mass is 32.2. The summed E-state index contributed by atoms with van der Waals surface area (Å²) in [6.45, 7) is 6.96. The van der Waals surface area contributed by atoms with Crippen LogP contribution >= 0.6 is 34.9 Å². The van der Waals surface area contributed by atoms with Gasteiger partial charge in [-0.15, -0.1) is 10.2 Å². The fraction of sp³-hybridized carbons (Fsp3) is 0.348. The highest BCUT2D eigenvalue weighted by Gasteiger charge is 2.17. The SMILES string of the molecule is CC(Sc1nnc(SCc2ccc(C(C)C)cc2)s1)C(=O)NCCc1ccccc1. The second kappa shape index (κ2) is 11.5. The number of carbonyl (C=O) groups is 1. The number of hydrogen-bond acceptors (Lipinski definition) is 6. The topological polar surface area (TPSA) is 54.9 Å². The minimum absolute atomic E-state index is 0.0329. The maximum absolute atomic E-state index is 12.3. The van der Waals surface area contributed by atoms with Gasteiger partial charge in [0.15, 0.2) is 8.68 Å². The zero-order valence-electron chi connectivity index (χ0n) is 17.5. The lowest BCUT2D eigenvalue weighted by Crippen LogP contribution is -2.32. The van der Waals surface area contributed by atoms with Crippen LogP contribution in [0.5, 0.6) is 0 Å². The molecule has 1 unspecified atom stereocenters. The molecule has 7 heteroatoms. The standard InChI is InChI=1S/C23H27N3OS3/c1-16(2)20-11-9-19(10-12-20)15-28-22-25-26-23(30-22)29-17(3)21(27)24-14-13-18-7-5-4-6-8-18/h4-12,16-17H,13-15H2,1-3H3,(H,24,27). The van der Waals surface area contributed by atoms with Crippen molar-refractivity contribution in [3.63, 3.8) is 0 Å². The first-order valence-corrected chi connectivity index (χ1v) is 12.7. The fourth-order valence-corrected chi connectivity index (χ4v) is 5.91. The number of thioether (sulfide) groups is 2. The summed E-state index contributed by atoms with van der Waals surface area (Å²) >= 11 is 4.70. The van der Waals surface area contributed by atoms with E-state index < -0.39 is 0 Å². The quantitative estimate of drug-likeness (QED) is 0.390. The van der Waals surface area contributed by atoms with E-state index in [2.05, 4.69) is 65.8 Å². The zero-order chi connectivity index (χ0) is 21.3. The van der Waals surface area contributed by atoms with Gasteiger partial charge in [0.05, 0.1) is 5.25 Å². The Kier molecular flexibility index (Phi) is 8.78. The maximum atomic E-state index is 12.3. The van der Waals surface area contributed by atoms with Gasteiger partial charge in [-0.3, -0.25) is 4.79 Å². The van der Waals surface area contributed by atoms with E-state index in [4.69, 9.17) is 0 Å². The van der Waals surface area contributed by atoms with Crippen LogP contribution in [-0.2, 0) is 17.0 Å². The lowest BCUT2D eigenvalue weighted by atomic mass is 10.0. The Morgan fingerprint density at radius 2 is 1.67 bits per heavy atom. The Morgan fingerprint density at radius 1 is 0.967 bits per heavy atom. The Bertz CT molecular complexity index is 926. The summed E-state index contributed by atoms with van der Waals surface area (Å²) < 4.78 is 1.76. The Hall–Kier alpha value is -1.83. The van der Waals surface area contributed by atoms with E-state index >= 15 is 0 Å². The third-order valence-electron chi connectivity index (χ3n) is 4.60. The van der Waals surface area contributed by atoms with Gasteiger partial charge in [-0.25, -0.2) is 0 Å². The molecule has 1 amide bonds. The Labute approximate surface area is 191 Å². The first kappa shape index (κ1) is 22.8. The van der Waals surface area contributed by atoms with Crippen LogP contribution < -0.4 is 5.32 Å². The number of aromatic nitrogens is 2. The lowest BCUT2D eigenvalue weighted by molar-refractivity contribution is -0.120. The van der Waals surface area contributed by atoms with Crippen LogP contribution in [-0.4, -0.2) is 27.9 Å². The van der Waals surface area contributed by atoms with Crippen molar-refractivity contribution in [1.29, 1.82) is 0 Å². The van der Waals surface area contributed by atoms with Crippen LogP contribution in [0.1, 0.15) is 43.4 Å². The number of nitrogens with zero attached hydrogens (tertiary/aromatic N) is 2. The molecule has 158 valence electrons. The van der Waals surface area contributed by atoms with E-state index in [0.29, 0.717) is 12.5 Å². The molecule has 0 radical (unpaired) electrons. The predicted molar refractivity (Wildman–Crippen MR) is 128 cm³/mol. The highest BCUT2D eigenvalue weighted by molar-refractivity contribution is 8.03. The summed E-state index contributed by atoms with van der Waals surface area (Å²) in [4.78, 5) is 12.3. The summed E-state index contributed by atoms with van der Waals surface area (Å²) in [5, 5.41) is 11.3. The molecule has 1 heterocycles. The van der Waals surface area contributed by atoms with Gasteiger partial charge in [0.25, 0.3) is 0 Å². The molecule has 3 aromatic rings. The third kappa shape index (κ3) is 7.15. The Morgan fingerprint density at radius 3 is 2.37 bits per heavy atom. The van der Waals surface area contributed by atoms with Crippen molar-refractivity contribution in [2.45, 2.75) is 52.8 Å². The first-order valence-electron chi connectivity index (χ1n) is 10.0.